The summed E-state index contributed by atoms with van der Waals surface area (Å²) < 4.78 is 13.5. The summed E-state index contributed by atoms with van der Waals surface area (Å²) in [6, 6.07) is 18.5. The first-order valence-electron chi connectivity index (χ1n) is 9.79. The molecule has 1 aromatic heterocycles. The van der Waals surface area contributed by atoms with Crippen molar-refractivity contribution in [2.45, 2.75) is 37.4 Å². The second-order valence-corrected chi connectivity index (χ2v) is 7.76. The Balaban J connectivity index is 1.61. The van der Waals surface area contributed by atoms with Crippen molar-refractivity contribution in [3.8, 4) is 11.4 Å². The number of rotatable bonds is 8. The van der Waals surface area contributed by atoms with Gasteiger partial charge in [-0.15, -0.1) is 10.2 Å². The third-order valence-corrected chi connectivity index (χ3v) is 5.79. The SMILES string of the molecule is CCOc1ccc(-n2c(Cc3ccccc3)nnc2SCC2CCCO2)cc1. The van der Waals surface area contributed by atoms with Gasteiger partial charge in [0.05, 0.1) is 12.7 Å². The summed E-state index contributed by atoms with van der Waals surface area (Å²) in [5.41, 5.74) is 2.27. The van der Waals surface area contributed by atoms with Crippen LogP contribution in [0.15, 0.2) is 59.8 Å². The molecular formula is C22H25N3O2S. The second kappa shape index (κ2) is 9.26. The maximum Gasteiger partial charge on any atom is 0.195 e. The Hall–Kier alpha value is -2.31. The lowest BCUT2D eigenvalue weighted by atomic mass is 10.1. The van der Waals surface area contributed by atoms with E-state index in [4.69, 9.17) is 9.47 Å². The molecule has 0 amide bonds. The maximum atomic E-state index is 5.77. The zero-order valence-electron chi connectivity index (χ0n) is 16.1. The Morgan fingerprint density at radius 3 is 2.64 bits per heavy atom. The van der Waals surface area contributed by atoms with Gasteiger partial charge >= 0.3 is 0 Å². The highest BCUT2D eigenvalue weighted by atomic mass is 32.2. The smallest absolute Gasteiger partial charge is 0.195 e. The van der Waals surface area contributed by atoms with Gasteiger partial charge in [-0.3, -0.25) is 4.57 Å². The fourth-order valence-electron chi connectivity index (χ4n) is 3.35. The van der Waals surface area contributed by atoms with Crippen molar-refractivity contribution in [1.82, 2.24) is 14.8 Å². The monoisotopic (exact) mass is 395 g/mol. The maximum absolute atomic E-state index is 5.77. The van der Waals surface area contributed by atoms with Crippen LogP contribution in [-0.2, 0) is 11.2 Å². The highest BCUT2D eigenvalue weighted by Crippen LogP contribution is 2.27. The third kappa shape index (κ3) is 4.56. The van der Waals surface area contributed by atoms with Crippen LogP contribution in [-0.4, -0.2) is 39.8 Å². The molecule has 1 aliphatic heterocycles. The van der Waals surface area contributed by atoms with Crippen LogP contribution < -0.4 is 4.74 Å². The predicted molar refractivity (Wildman–Crippen MR) is 111 cm³/mol. The first-order valence-corrected chi connectivity index (χ1v) is 10.8. The van der Waals surface area contributed by atoms with Crippen molar-refractivity contribution in [2.75, 3.05) is 19.0 Å². The summed E-state index contributed by atoms with van der Waals surface area (Å²) >= 11 is 1.72. The van der Waals surface area contributed by atoms with Gasteiger partial charge in [-0.05, 0) is 49.6 Å². The van der Waals surface area contributed by atoms with Crippen LogP contribution in [0.1, 0.15) is 31.2 Å². The topological polar surface area (TPSA) is 49.2 Å². The fraction of sp³-hybridized carbons (Fsp3) is 0.364. The molecule has 1 atom stereocenters. The largest absolute Gasteiger partial charge is 0.494 e. The number of aromatic nitrogens is 3. The Morgan fingerprint density at radius 2 is 1.93 bits per heavy atom. The van der Waals surface area contributed by atoms with E-state index in [1.807, 2.05) is 25.1 Å². The molecule has 1 aliphatic rings. The zero-order chi connectivity index (χ0) is 19.2. The van der Waals surface area contributed by atoms with Crippen molar-refractivity contribution in [2.24, 2.45) is 0 Å². The van der Waals surface area contributed by atoms with Crippen LogP contribution in [0.2, 0.25) is 0 Å². The molecule has 4 rings (SSSR count). The molecule has 0 saturated carbocycles. The molecule has 146 valence electrons. The average Bonchev–Trinajstić information content (AvgIpc) is 3.38. The third-order valence-electron chi connectivity index (χ3n) is 4.73. The summed E-state index contributed by atoms with van der Waals surface area (Å²) in [6.45, 7) is 3.52. The van der Waals surface area contributed by atoms with Gasteiger partial charge in [0.15, 0.2) is 5.16 Å². The van der Waals surface area contributed by atoms with Crippen LogP contribution in [0.3, 0.4) is 0 Å². The molecule has 0 spiro atoms. The predicted octanol–water partition coefficient (Wildman–Crippen LogP) is 4.53. The molecule has 0 N–H and O–H groups in total. The first-order chi connectivity index (χ1) is 13.8. The van der Waals surface area contributed by atoms with E-state index >= 15 is 0 Å². The Labute approximate surface area is 170 Å². The van der Waals surface area contributed by atoms with Crippen LogP contribution in [0.5, 0.6) is 5.75 Å². The van der Waals surface area contributed by atoms with E-state index in [0.717, 1.165) is 54.0 Å². The summed E-state index contributed by atoms with van der Waals surface area (Å²) in [6.07, 6.45) is 3.33. The zero-order valence-corrected chi connectivity index (χ0v) is 16.9. The van der Waals surface area contributed by atoms with E-state index in [1.54, 1.807) is 11.8 Å². The lowest BCUT2D eigenvalue weighted by Crippen LogP contribution is -2.09. The van der Waals surface area contributed by atoms with Gasteiger partial charge in [-0.25, -0.2) is 0 Å². The molecule has 0 radical (unpaired) electrons. The molecule has 0 aliphatic carbocycles. The molecule has 2 heterocycles. The quantitative estimate of drug-likeness (QED) is 0.525. The number of benzene rings is 2. The molecule has 1 unspecified atom stereocenters. The van der Waals surface area contributed by atoms with Crippen molar-refractivity contribution < 1.29 is 9.47 Å². The van der Waals surface area contributed by atoms with Crippen molar-refractivity contribution in [3.05, 3.63) is 66.0 Å². The van der Waals surface area contributed by atoms with Crippen LogP contribution in [0, 0.1) is 0 Å². The number of hydrogen-bond donors (Lipinski definition) is 0. The molecule has 5 nitrogen and oxygen atoms in total. The number of thioether (sulfide) groups is 1. The van der Waals surface area contributed by atoms with Gasteiger partial charge in [0.1, 0.15) is 11.6 Å². The van der Waals surface area contributed by atoms with E-state index in [-0.39, 0.29) is 0 Å². The molecule has 3 aromatic rings. The number of hydrogen-bond acceptors (Lipinski definition) is 5. The van der Waals surface area contributed by atoms with Crippen LogP contribution in [0.25, 0.3) is 5.69 Å². The highest BCUT2D eigenvalue weighted by Gasteiger charge is 2.20. The molecule has 2 aromatic carbocycles. The summed E-state index contributed by atoms with van der Waals surface area (Å²) in [7, 11) is 0. The molecular weight excluding hydrogens is 370 g/mol. The molecule has 0 bridgehead atoms. The highest BCUT2D eigenvalue weighted by molar-refractivity contribution is 7.99. The van der Waals surface area contributed by atoms with Crippen LogP contribution >= 0.6 is 11.8 Å². The van der Waals surface area contributed by atoms with Crippen molar-refractivity contribution >= 4 is 11.8 Å². The standard InChI is InChI=1S/C22H25N3O2S/c1-2-26-19-12-10-18(11-13-19)25-21(15-17-7-4-3-5-8-17)23-24-22(25)28-16-20-9-6-14-27-20/h3-5,7-8,10-13,20H,2,6,9,14-16H2,1H3. The van der Waals surface area contributed by atoms with Gasteiger partial charge < -0.3 is 9.47 Å². The lowest BCUT2D eigenvalue weighted by molar-refractivity contribution is 0.129. The van der Waals surface area contributed by atoms with Gasteiger partial charge in [0.2, 0.25) is 0 Å². The molecule has 1 fully saturated rings. The van der Waals surface area contributed by atoms with Gasteiger partial charge in [0.25, 0.3) is 0 Å². The minimum atomic E-state index is 0.313. The van der Waals surface area contributed by atoms with E-state index in [1.165, 1.54) is 5.56 Å². The van der Waals surface area contributed by atoms with E-state index in [9.17, 15) is 0 Å². The summed E-state index contributed by atoms with van der Waals surface area (Å²) in [4.78, 5) is 0. The van der Waals surface area contributed by atoms with E-state index in [0.29, 0.717) is 12.7 Å². The Kier molecular flexibility index (Phi) is 6.29. The summed E-state index contributed by atoms with van der Waals surface area (Å²) in [5, 5.41) is 9.92. The summed E-state index contributed by atoms with van der Waals surface area (Å²) in [5.74, 6) is 2.71. The van der Waals surface area contributed by atoms with Crippen molar-refractivity contribution in [1.29, 1.82) is 0 Å². The number of ether oxygens (including phenoxy) is 2. The Bertz CT molecular complexity index is 875. The lowest BCUT2D eigenvalue weighted by Gasteiger charge is -2.13. The molecule has 6 heteroatoms. The van der Waals surface area contributed by atoms with Crippen molar-refractivity contribution in [3.63, 3.8) is 0 Å². The average molecular weight is 396 g/mol. The minimum Gasteiger partial charge on any atom is -0.494 e. The fourth-order valence-corrected chi connectivity index (χ4v) is 4.38. The molecule has 1 saturated heterocycles. The first kappa shape index (κ1) is 19.0. The van der Waals surface area contributed by atoms with Crippen LogP contribution in [0.4, 0.5) is 0 Å². The molecule has 28 heavy (non-hydrogen) atoms. The van der Waals surface area contributed by atoms with Gasteiger partial charge in [-0.2, -0.15) is 0 Å². The normalized spacial score (nSPS) is 16.4. The van der Waals surface area contributed by atoms with E-state index in [2.05, 4.69) is 51.2 Å². The van der Waals surface area contributed by atoms with E-state index < -0.39 is 0 Å². The Morgan fingerprint density at radius 1 is 1.11 bits per heavy atom. The van der Waals surface area contributed by atoms with Gasteiger partial charge in [0, 0.05) is 24.5 Å². The van der Waals surface area contributed by atoms with Gasteiger partial charge in [-0.1, -0.05) is 42.1 Å². The second-order valence-electron chi connectivity index (χ2n) is 6.77. The number of nitrogens with zero attached hydrogens (tertiary/aromatic N) is 3. The minimum absolute atomic E-state index is 0.313.